The van der Waals surface area contributed by atoms with Gasteiger partial charge in [0.1, 0.15) is 5.82 Å². The van der Waals surface area contributed by atoms with Gasteiger partial charge in [0, 0.05) is 30.5 Å². The Morgan fingerprint density at radius 3 is 2.87 bits per heavy atom. The van der Waals surface area contributed by atoms with E-state index in [-0.39, 0.29) is 5.91 Å². The minimum absolute atomic E-state index is 0.0690. The first-order valence-corrected chi connectivity index (χ1v) is 7.33. The summed E-state index contributed by atoms with van der Waals surface area (Å²) in [6, 6.07) is 13.6. The number of H-pyrrole nitrogens is 1. The van der Waals surface area contributed by atoms with Gasteiger partial charge in [-0.05, 0) is 41.3 Å². The van der Waals surface area contributed by atoms with E-state index in [1.165, 1.54) is 6.08 Å². The molecule has 0 aliphatic carbocycles. The van der Waals surface area contributed by atoms with Crippen LogP contribution in [0.1, 0.15) is 11.3 Å². The molecule has 0 radical (unpaired) electrons. The normalized spacial score (nSPS) is 11.2. The number of pyridine rings is 1. The van der Waals surface area contributed by atoms with E-state index in [1.54, 1.807) is 30.3 Å². The number of aromatic amines is 1. The largest absolute Gasteiger partial charge is 0.384 e. The summed E-state index contributed by atoms with van der Waals surface area (Å²) in [5, 5.41) is 1.15. The molecular weight excluding hydrogens is 288 g/mol. The highest BCUT2D eigenvalue weighted by molar-refractivity contribution is 5.91. The summed E-state index contributed by atoms with van der Waals surface area (Å²) in [7, 11) is 1.78. The van der Waals surface area contributed by atoms with Crippen molar-refractivity contribution in [3.63, 3.8) is 0 Å². The fourth-order valence-electron chi connectivity index (χ4n) is 2.36. The molecule has 0 atom stereocenters. The molecule has 3 rings (SSSR count). The molecule has 0 fully saturated rings. The van der Waals surface area contributed by atoms with Crippen LogP contribution < -0.4 is 5.73 Å². The maximum Gasteiger partial charge on any atom is 0.246 e. The Morgan fingerprint density at radius 2 is 2.13 bits per heavy atom. The zero-order valence-electron chi connectivity index (χ0n) is 12.9. The summed E-state index contributed by atoms with van der Waals surface area (Å²) in [5.41, 5.74) is 8.45. The van der Waals surface area contributed by atoms with Crippen molar-refractivity contribution in [3.8, 4) is 0 Å². The Balaban J connectivity index is 1.66. The number of anilines is 1. The van der Waals surface area contributed by atoms with Crippen LogP contribution in [-0.4, -0.2) is 27.8 Å². The van der Waals surface area contributed by atoms with Gasteiger partial charge in [-0.2, -0.15) is 0 Å². The topological polar surface area (TPSA) is 75.0 Å². The number of hydrogen-bond donors (Lipinski definition) is 2. The third-order valence-electron chi connectivity index (χ3n) is 3.60. The lowest BCUT2D eigenvalue weighted by atomic mass is 10.2. The number of aromatic nitrogens is 2. The first-order chi connectivity index (χ1) is 11.1. The quantitative estimate of drug-likeness (QED) is 0.728. The van der Waals surface area contributed by atoms with Crippen molar-refractivity contribution in [2.24, 2.45) is 0 Å². The number of nitrogens with one attached hydrogen (secondary N) is 1. The molecule has 1 amide bonds. The number of rotatable bonds is 4. The van der Waals surface area contributed by atoms with Gasteiger partial charge >= 0.3 is 0 Å². The second-order valence-corrected chi connectivity index (χ2v) is 5.43. The smallest absolute Gasteiger partial charge is 0.246 e. The SMILES string of the molecule is CN(Cc1cc2ccccc2[nH]1)C(=O)/C=C/c1ccc(N)nc1. The van der Waals surface area contributed by atoms with Crippen molar-refractivity contribution >= 4 is 28.7 Å². The van der Waals surface area contributed by atoms with Crippen LogP contribution in [0.4, 0.5) is 5.82 Å². The summed E-state index contributed by atoms with van der Waals surface area (Å²) >= 11 is 0. The van der Waals surface area contributed by atoms with Crippen molar-refractivity contribution in [3.05, 3.63) is 66.0 Å². The molecule has 1 aromatic carbocycles. The third kappa shape index (κ3) is 3.58. The van der Waals surface area contributed by atoms with Gasteiger partial charge < -0.3 is 15.6 Å². The van der Waals surface area contributed by atoms with Crippen molar-refractivity contribution in [2.75, 3.05) is 12.8 Å². The van der Waals surface area contributed by atoms with Gasteiger partial charge in [0.2, 0.25) is 5.91 Å². The highest BCUT2D eigenvalue weighted by atomic mass is 16.2. The van der Waals surface area contributed by atoms with Gasteiger partial charge in [-0.15, -0.1) is 0 Å². The zero-order chi connectivity index (χ0) is 16.2. The fraction of sp³-hybridized carbons (Fsp3) is 0.111. The monoisotopic (exact) mass is 306 g/mol. The fourth-order valence-corrected chi connectivity index (χ4v) is 2.36. The number of carbonyl (C=O) groups excluding carboxylic acids is 1. The van der Waals surface area contributed by atoms with Crippen molar-refractivity contribution in [2.45, 2.75) is 6.54 Å². The molecule has 3 N–H and O–H groups in total. The van der Waals surface area contributed by atoms with Crippen molar-refractivity contribution in [1.82, 2.24) is 14.9 Å². The number of amides is 1. The minimum Gasteiger partial charge on any atom is -0.384 e. The molecule has 2 heterocycles. The van der Waals surface area contributed by atoms with E-state index in [4.69, 9.17) is 5.73 Å². The summed E-state index contributed by atoms with van der Waals surface area (Å²) in [6.45, 7) is 0.526. The van der Waals surface area contributed by atoms with Crippen LogP contribution in [0.5, 0.6) is 0 Å². The van der Waals surface area contributed by atoms with E-state index >= 15 is 0 Å². The van der Waals surface area contributed by atoms with Crippen LogP contribution in [0.25, 0.3) is 17.0 Å². The first-order valence-electron chi connectivity index (χ1n) is 7.33. The molecule has 0 saturated carbocycles. The lowest BCUT2D eigenvalue weighted by molar-refractivity contribution is -0.125. The summed E-state index contributed by atoms with van der Waals surface area (Å²) in [4.78, 5) is 21.2. The van der Waals surface area contributed by atoms with Gasteiger partial charge in [-0.3, -0.25) is 4.79 Å². The zero-order valence-corrected chi connectivity index (χ0v) is 12.9. The molecule has 0 bridgehead atoms. The molecule has 23 heavy (non-hydrogen) atoms. The van der Waals surface area contributed by atoms with Gasteiger partial charge in [0.15, 0.2) is 0 Å². The average Bonchev–Trinajstić information content (AvgIpc) is 2.96. The maximum absolute atomic E-state index is 12.2. The van der Waals surface area contributed by atoms with E-state index in [2.05, 4.69) is 16.0 Å². The number of benzene rings is 1. The highest BCUT2D eigenvalue weighted by Crippen LogP contribution is 2.15. The Hall–Kier alpha value is -3.08. The number of hydrogen-bond acceptors (Lipinski definition) is 3. The van der Waals surface area contributed by atoms with E-state index in [0.29, 0.717) is 12.4 Å². The van der Waals surface area contributed by atoms with Gasteiger partial charge in [-0.25, -0.2) is 4.98 Å². The third-order valence-corrected chi connectivity index (χ3v) is 3.60. The summed E-state index contributed by atoms with van der Waals surface area (Å²) in [6.07, 6.45) is 4.91. The Morgan fingerprint density at radius 1 is 1.30 bits per heavy atom. The van der Waals surface area contributed by atoms with Crippen molar-refractivity contribution in [1.29, 1.82) is 0 Å². The number of likely N-dealkylation sites (N-methyl/N-ethyl adjacent to an activating group) is 1. The maximum atomic E-state index is 12.2. The number of fused-ring (bicyclic) bond motifs is 1. The molecule has 116 valence electrons. The van der Waals surface area contributed by atoms with E-state index in [9.17, 15) is 4.79 Å². The second kappa shape index (κ2) is 6.36. The highest BCUT2D eigenvalue weighted by Gasteiger charge is 2.08. The van der Waals surface area contributed by atoms with E-state index in [0.717, 1.165) is 22.2 Å². The predicted octanol–water partition coefficient (Wildman–Crippen LogP) is 2.82. The Kier molecular flexibility index (Phi) is 4.10. The average molecular weight is 306 g/mol. The molecule has 5 heteroatoms. The molecular formula is C18H18N4O. The van der Waals surface area contributed by atoms with Crippen LogP contribution in [0, 0.1) is 0 Å². The molecule has 3 aromatic rings. The number of para-hydroxylation sites is 1. The second-order valence-electron chi connectivity index (χ2n) is 5.43. The van der Waals surface area contributed by atoms with Crippen molar-refractivity contribution < 1.29 is 4.79 Å². The van der Waals surface area contributed by atoms with Crippen LogP contribution in [0.15, 0.2) is 54.7 Å². The van der Waals surface area contributed by atoms with E-state index < -0.39 is 0 Å². The lowest BCUT2D eigenvalue weighted by Gasteiger charge is -2.13. The van der Waals surface area contributed by atoms with Crippen LogP contribution in [0.3, 0.4) is 0 Å². The summed E-state index contributed by atoms with van der Waals surface area (Å²) < 4.78 is 0. The number of nitrogens with two attached hydrogens (primary N) is 1. The van der Waals surface area contributed by atoms with Gasteiger partial charge in [0.25, 0.3) is 0 Å². The number of nitrogen functional groups attached to an aromatic ring is 1. The molecule has 0 spiro atoms. The Bertz CT molecular complexity index is 816. The molecule has 0 unspecified atom stereocenters. The first kappa shape index (κ1) is 14.8. The minimum atomic E-state index is -0.0690. The predicted molar refractivity (Wildman–Crippen MR) is 92.5 cm³/mol. The molecule has 5 nitrogen and oxygen atoms in total. The number of carbonyl (C=O) groups is 1. The molecule has 0 aliphatic heterocycles. The molecule has 2 aromatic heterocycles. The molecule has 0 saturated heterocycles. The summed E-state index contributed by atoms with van der Waals surface area (Å²) in [5.74, 6) is 0.393. The van der Waals surface area contributed by atoms with Gasteiger partial charge in [0.05, 0.1) is 6.54 Å². The standard InChI is InChI=1S/C18H18N4O/c1-22(12-15-10-14-4-2-3-5-16(14)21-15)18(23)9-7-13-6-8-17(19)20-11-13/h2-11,21H,12H2,1H3,(H2,19,20)/b9-7+. The van der Waals surface area contributed by atoms with Crippen LogP contribution in [0.2, 0.25) is 0 Å². The van der Waals surface area contributed by atoms with E-state index in [1.807, 2.05) is 30.3 Å². The van der Waals surface area contributed by atoms with Gasteiger partial charge in [-0.1, -0.05) is 18.2 Å². The lowest BCUT2D eigenvalue weighted by Crippen LogP contribution is -2.24. The Labute approximate surface area is 134 Å². The number of nitrogens with zero attached hydrogens (tertiary/aromatic N) is 2. The molecule has 0 aliphatic rings. The van der Waals surface area contributed by atoms with Crippen LogP contribution >= 0.6 is 0 Å². The van der Waals surface area contributed by atoms with Crippen LogP contribution in [-0.2, 0) is 11.3 Å².